The molecule has 2 fully saturated rings. The molecule has 1 amide bonds. The van der Waals surface area contributed by atoms with E-state index in [1.807, 2.05) is 36.6 Å². The van der Waals surface area contributed by atoms with Crippen molar-refractivity contribution in [2.45, 2.75) is 67.2 Å². The fourth-order valence-electron chi connectivity index (χ4n) is 4.85. The van der Waals surface area contributed by atoms with Gasteiger partial charge in [-0.25, -0.2) is 8.42 Å². The summed E-state index contributed by atoms with van der Waals surface area (Å²) in [7, 11) is -3.47. The number of thiophene rings is 1. The molecule has 8 heteroatoms. The van der Waals surface area contributed by atoms with Gasteiger partial charge in [-0.3, -0.25) is 4.79 Å². The summed E-state index contributed by atoms with van der Waals surface area (Å²) < 4.78 is 34.7. The van der Waals surface area contributed by atoms with E-state index in [9.17, 15) is 13.2 Å². The topological polar surface area (TPSA) is 75.7 Å². The van der Waals surface area contributed by atoms with Crippen LogP contribution in [-0.2, 0) is 14.8 Å². The van der Waals surface area contributed by atoms with E-state index >= 15 is 0 Å². The lowest BCUT2D eigenvalue weighted by Crippen LogP contribution is -2.52. The normalized spacial score (nSPS) is 23.2. The van der Waals surface area contributed by atoms with Gasteiger partial charge >= 0.3 is 0 Å². The monoisotopic (exact) mass is 460 g/mol. The highest BCUT2D eigenvalue weighted by Gasteiger charge is 2.46. The van der Waals surface area contributed by atoms with Crippen LogP contribution in [0.25, 0.3) is 0 Å². The number of amides is 1. The van der Waals surface area contributed by atoms with Gasteiger partial charge in [-0.05, 0) is 54.8 Å². The summed E-state index contributed by atoms with van der Waals surface area (Å²) in [5, 5.41) is 4.93. The van der Waals surface area contributed by atoms with Crippen molar-refractivity contribution in [3.8, 4) is 5.75 Å². The minimum atomic E-state index is -3.47. The number of sulfonamides is 1. The third kappa shape index (κ3) is 4.13. The number of benzene rings is 1. The van der Waals surface area contributed by atoms with Gasteiger partial charge in [0.25, 0.3) is 10.0 Å². The Morgan fingerprint density at radius 1 is 1.23 bits per heavy atom. The first kappa shape index (κ1) is 21.0. The van der Waals surface area contributed by atoms with Crippen molar-refractivity contribution in [2.24, 2.45) is 0 Å². The van der Waals surface area contributed by atoms with Crippen molar-refractivity contribution in [1.29, 1.82) is 0 Å². The second-order valence-corrected chi connectivity index (χ2v) is 12.1. The number of hydrogen-bond acceptors (Lipinski definition) is 5. The Morgan fingerprint density at radius 2 is 1.97 bits per heavy atom. The summed E-state index contributed by atoms with van der Waals surface area (Å²) in [6, 6.07) is 10.2. The van der Waals surface area contributed by atoms with Gasteiger partial charge in [-0.2, -0.15) is 4.31 Å². The van der Waals surface area contributed by atoms with Gasteiger partial charge in [0.15, 0.2) is 0 Å². The number of rotatable bonds is 5. The number of nitrogens with zero attached hydrogens (tertiary/aromatic N) is 1. The molecule has 31 heavy (non-hydrogen) atoms. The molecule has 1 spiro atoms. The van der Waals surface area contributed by atoms with Gasteiger partial charge in [-0.15, -0.1) is 11.3 Å². The fraction of sp³-hybridized carbons (Fsp3) is 0.522. The largest absolute Gasteiger partial charge is 0.487 e. The maximum atomic E-state index is 13.1. The van der Waals surface area contributed by atoms with Gasteiger partial charge in [0.05, 0.1) is 0 Å². The first-order valence-corrected chi connectivity index (χ1v) is 13.3. The fourth-order valence-corrected chi connectivity index (χ4v) is 7.84. The lowest BCUT2D eigenvalue weighted by molar-refractivity contribution is -0.122. The second kappa shape index (κ2) is 7.90. The van der Waals surface area contributed by atoms with Crippen LogP contribution >= 0.6 is 11.3 Å². The summed E-state index contributed by atoms with van der Waals surface area (Å²) >= 11 is 1.28. The van der Waals surface area contributed by atoms with E-state index in [-0.39, 0.29) is 11.8 Å². The number of para-hydroxylation sites is 1. The maximum Gasteiger partial charge on any atom is 0.252 e. The van der Waals surface area contributed by atoms with Crippen molar-refractivity contribution >= 4 is 27.3 Å². The molecular formula is C23H28N2O4S2. The van der Waals surface area contributed by atoms with Crippen molar-refractivity contribution in [1.82, 2.24) is 9.62 Å². The summed E-state index contributed by atoms with van der Waals surface area (Å²) in [6.07, 6.45) is 4.61. The molecule has 0 radical (unpaired) electrons. The first-order chi connectivity index (χ1) is 14.9. The number of hydrogen-bond donors (Lipinski definition) is 1. The van der Waals surface area contributed by atoms with Gasteiger partial charge < -0.3 is 10.1 Å². The zero-order valence-corrected chi connectivity index (χ0v) is 19.3. The molecule has 1 aromatic carbocycles. The maximum absolute atomic E-state index is 13.1. The molecule has 1 saturated heterocycles. The van der Waals surface area contributed by atoms with Crippen LogP contribution in [0.4, 0.5) is 0 Å². The Bertz CT molecular complexity index is 1080. The van der Waals surface area contributed by atoms with E-state index in [1.54, 1.807) is 4.31 Å². The molecule has 6 nitrogen and oxygen atoms in total. The minimum Gasteiger partial charge on any atom is -0.487 e. The lowest BCUT2D eigenvalue weighted by atomic mass is 9.76. The molecular weight excluding hydrogens is 432 g/mol. The number of fused-ring (bicyclic) bond motifs is 1. The van der Waals surface area contributed by atoms with Crippen LogP contribution in [0.1, 0.15) is 55.6 Å². The highest BCUT2D eigenvalue weighted by Crippen LogP contribution is 2.47. The lowest BCUT2D eigenvalue weighted by Gasteiger charge is -2.46. The average molecular weight is 461 g/mol. The Balaban J connectivity index is 1.33. The number of piperidine rings is 1. The molecule has 1 aromatic heterocycles. The molecule has 0 bridgehead atoms. The molecule has 2 aliphatic heterocycles. The van der Waals surface area contributed by atoms with Gasteiger partial charge in [0, 0.05) is 44.3 Å². The zero-order chi connectivity index (χ0) is 21.6. The molecule has 3 heterocycles. The highest BCUT2D eigenvalue weighted by molar-refractivity contribution is 7.91. The van der Waals surface area contributed by atoms with Crippen LogP contribution in [0.3, 0.4) is 0 Å². The molecule has 1 atom stereocenters. The van der Waals surface area contributed by atoms with Gasteiger partial charge in [0.1, 0.15) is 15.6 Å². The highest BCUT2D eigenvalue weighted by atomic mass is 32.2. The van der Waals surface area contributed by atoms with E-state index in [0.29, 0.717) is 42.6 Å². The predicted octanol–water partition coefficient (Wildman–Crippen LogP) is 3.81. The Morgan fingerprint density at radius 3 is 2.65 bits per heavy atom. The number of carbonyl (C=O) groups excluding carboxylic acids is 1. The molecule has 5 rings (SSSR count). The van der Waals surface area contributed by atoms with E-state index in [4.69, 9.17) is 4.74 Å². The zero-order valence-electron chi connectivity index (χ0n) is 17.7. The quantitative estimate of drug-likeness (QED) is 0.736. The van der Waals surface area contributed by atoms with Crippen LogP contribution in [0.2, 0.25) is 0 Å². The summed E-state index contributed by atoms with van der Waals surface area (Å²) in [5.74, 6) is 1.03. The van der Waals surface area contributed by atoms with E-state index < -0.39 is 15.6 Å². The smallest absolute Gasteiger partial charge is 0.252 e. The van der Waals surface area contributed by atoms with Crippen molar-refractivity contribution in [2.75, 3.05) is 13.1 Å². The molecule has 3 aliphatic rings. The Kier molecular flexibility index (Phi) is 5.35. The number of ether oxygens (including phenoxy) is 1. The average Bonchev–Trinajstić information content (AvgIpc) is 3.44. The van der Waals surface area contributed by atoms with E-state index in [1.165, 1.54) is 11.3 Å². The summed E-state index contributed by atoms with van der Waals surface area (Å²) in [4.78, 5) is 12.6. The summed E-state index contributed by atoms with van der Waals surface area (Å²) in [6.45, 7) is 2.71. The number of nitrogens with one attached hydrogen (secondary N) is 1. The predicted molar refractivity (Wildman–Crippen MR) is 120 cm³/mol. The van der Waals surface area contributed by atoms with Gasteiger partial charge in [0.2, 0.25) is 5.91 Å². The molecule has 1 N–H and O–H groups in total. The van der Waals surface area contributed by atoms with Crippen LogP contribution in [0.15, 0.2) is 39.9 Å². The summed E-state index contributed by atoms with van der Waals surface area (Å²) in [5.41, 5.74) is 1.47. The molecule has 1 aliphatic carbocycles. The standard InChI is InChI=1S/C23H28N2O4S2/c1-16-8-13-30-22(16)31(27,28)25-11-9-23(10-12-25)15-17(14-21(26)24-18-6-7-18)19-4-2-3-5-20(19)29-23/h2-5,8,13,17-18H,6-7,9-12,14-15H2,1H3,(H,24,26). The van der Waals surface area contributed by atoms with Crippen molar-refractivity contribution < 1.29 is 17.9 Å². The first-order valence-electron chi connectivity index (χ1n) is 11.0. The Labute approximate surface area is 187 Å². The number of carbonyl (C=O) groups is 1. The number of aryl methyl sites for hydroxylation is 1. The van der Waals surface area contributed by atoms with Crippen LogP contribution < -0.4 is 10.1 Å². The third-order valence-electron chi connectivity index (χ3n) is 6.70. The Hall–Kier alpha value is -1.90. The van der Waals surface area contributed by atoms with Crippen molar-refractivity contribution in [3.05, 3.63) is 46.8 Å². The van der Waals surface area contributed by atoms with E-state index in [2.05, 4.69) is 11.4 Å². The van der Waals surface area contributed by atoms with Gasteiger partial charge in [-0.1, -0.05) is 18.2 Å². The van der Waals surface area contributed by atoms with Crippen LogP contribution in [0.5, 0.6) is 5.75 Å². The van der Waals surface area contributed by atoms with Crippen LogP contribution in [-0.4, -0.2) is 43.4 Å². The molecule has 166 valence electrons. The molecule has 1 saturated carbocycles. The second-order valence-electron chi connectivity index (χ2n) is 9.07. The van der Waals surface area contributed by atoms with Crippen LogP contribution in [0, 0.1) is 6.92 Å². The minimum absolute atomic E-state index is 0.0893. The SMILES string of the molecule is Cc1ccsc1S(=O)(=O)N1CCC2(CC1)CC(CC(=O)NC1CC1)c1ccccc1O2. The van der Waals surface area contributed by atoms with E-state index in [0.717, 1.165) is 36.1 Å². The molecule has 2 aromatic rings. The third-order valence-corrected chi connectivity index (χ3v) is 10.3. The van der Waals surface area contributed by atoms with Crippen molar-refractivity contribution in [3.63, 3.8) is 0 Å². The molecule has 1 unspecified atom stereocenters.